The van der Waals surface area contributed by atoms with Crippen LogP contribution in [0.5, 0.6) is 0 Å². The quantitative estimate of drug-likeness (QED) is 0.900. The zero-order chi connectivity index (χ0) is 10.6. The molecular formula is C10H8BrNO2. The molecule has 0 bridgehead atoms. The van der Waals surface area contributed by atoms with Crippen LogP contribution in [0.15, 0.2) is 22.7 Å². The first-order valence-electron chi connectivity index (χ1n) is 4.04. The Morgan fingerprint density at radius 3 is 2.79 bits per heavy atom. The second kappa shape index (κ2) is 4.77. The van der Waals surface area contributed by atoms with Gasteiger partial charge in [-0.15, -0.1) is 0 Å². The van der Waals surface area contributed by atoms with Gasteiger partial charge in [-0.2, -0.15) is 5.26 Å². The van der Waals surface area contributed by atoms with Crippen molar-refractivity contribution >= 4 is 21.9 Å². The molecule has 0 unspecified atom stereocenters. The molecule has 0 fully saturated rings. The average Bonchev–Trinajstić information content (AvgIpc) is 2.15. The third-order valence-corrected chi connectivity index (χ3v) is 2.44. The Kier molecular flexibility index (Phi) is 3.66. The summed E-state index contributed by atoms with van der Waals surface area (Å²) in [7, 11) is 0. The first kappa shape index (κ1) is 10.7. The molecule has 1 N–H and O–H groups in total. The highest BCUT2D eigenvalue weighted by atomic mass is 79.9. The van der Waals surface area contributed by atoms with Gasteiger partial charge in [0.1, 0.15) is 6.07 Å². The van der Waals surface area contributed by atoms with Gasteiger partial charge >= 0.3 is 5.97 Å². The molecule has 1 rings (SSSR count). The predicted molar refractivity (Wildman–Crippen MR) is 54.8 cm³/mol. The van der Waals surface area contributed by atoms with Gasteiger partial charge in [-0.05, 0) is 40.0 Å². The van der Waals surface area contributed by atoms with E-state index in [1.807, 2.05) is 6.07 Å². The summed E-state index contributed by atoms with van der Waals surface area (Å²) in [6.45, 7) is 0. The molecule has 0 heterocycles. The number of hydrogen-bond acceptors (Lipinski definition) is 2. The summed E-state index contributed by atoms with van der Waals surface area (Å²) < 4.78 is 0.711. The van der Waals surface area contributed by atoms with Crippen LogP contribution < -0.4 is 0 Å². The molecule has 0 aliphatic rings. The molecule has 0 atom stereocenters. The monoisotopic (exact) mass is 253 g/mol. The van der Waals surface area contributed by atoms with Crippen LogP contribution in [0.1, 0.15) is 17.5 Å². The van der Waals surface area contributed by atoms with Crippen molar-refractivity contribution in [2.24, 2.45) is 0 Å². The molecule has 0 amide bonds. The summed E-state index contributed by atoms with van der Waals surface area (Å²) in [6, 6.07) is 7.26. The molecule has 0 spiro atoms. The van der Waals surface area contributed by atoms with E-state index in [4.69, 9.17) is 10.4 Å². The standard InChI is InChI=1S/C10H8BrNO2/c11-9-5-7(2-4-10(13)14)1-3-8(9)6-12/h1,3,5H,2,4H2,(H,13,14). The Hall–Kier alpha value is -1.34. The minimum Gasteiger partial charge on any atom is -0.481 e. The number of nitriles is 1. The number of rotatable bonds is 3. The van der Waals surface area contributed by atoms with Crippen LogP contribution in [0.4, 0.5) is 0 Å². The van der Waals surface area contributed by atoms with Crippen molar-refractivity contribution in [3.05, 3.63) is 33.8 Å². The number of hydrogen-bond donors (Lipinski definition) is 1. The number of aryl methyl sites for hydroxylation is 1. The highest BCUT2D eigenvalue weighted by Crippen LogP contribution is 2.18. The molecular weight excluding hydrogens is 246 g/mol. The SMILES string of the molecule is N#Cc1ccc(CCC(=O)O)cc1Br. The van der Waals surface area contributed by atoms with Gasteiger partial charge in [0.2, 0.25) is 0 Å². The number of aliphatic carboxylic acids is 1. The Bertz CT molecular complexity index is 396. The third-order valence-electron chi connectivity index (χ3n) is 1.78. The Balaban J connectivity index is 2.77. The molecule has 4 heteroatoms. The lowest BCUT2D eigenvalue weighted by atomic mass is 10.1. The summed E-state index contributed by atoms with van der Waals surface area (Å²) in [6.07, 6.45) is 0.595. The van der Waals surface area contributed by atoms with E-state index in [1.54, 1.807) is 18.2 Å². The first-order chi connectivity index (χ1) is 6.63. The average molecular weight is 254 g/mol. The second-order valence-electron chi connectivity index (χ2n) is 2.82. The van der Waals surface area contributed by atoms with Crippen LogP contribution in [0.25, 0.3) is 0 Å². The lowest BCUT2D eigenvalue weighted by Gasteiger charge is -2.00. The number of carbonyl (C=O) groups is 1. The molecule has 1 aromatic rings. The van der Waals surface area contributed by atoms with Crippen molar-refractivity contribution in [2.45, 2.75) is 12.8 Å². The smallest absolute Gasteiger partial charge is 0.303 e. The normalized spacial score (nSPS) is 9.43. The lowest BCUT2D eigenvalue weighted by molar-refractivity contribution is -0.136. The van der Waals surface area contributed by atoms with Crippen molar-refractivity contribution in [1.29, 1.82) is 5.26 Å². The van der Waals surface area contributed by atoms with Crippen LogP contribution in [0, 0.1) is 11.3 Å². The van der Waals surface area contributed by atoms with Crippen molar-refractivity contribution in [3.63, 3.8) is 0 Å². The molecule has 1 aromatic carbocycles. The van der Waals surface area contributed by atoms with Crippen molar-refractivity contribution in [3.8, 4) is 6.07 Å². The summed E-state index contributed by atoms with van der Waals surface area (Å²) in [5.74, 6) is -0.814. The number of halogens is 1. The largest absolute Gasteiger partial charge is 0.481 e. The van der Waals surface area contributed by atoms with Gasteiger partial charge in [0.25, 0.3) is 0 Å². The van der Waals surface area contributed by atoms with E-state index in [2.05, 4.69) is 15.9 Å². The molecule has 0 aromatic heterocycles. The zero-order valence-corrected chi connectivity index (χ0v) is 8.91. The number of benzene rings is 1. The topological polar surface area (TPSA) is 61.1 Å². The van der Waals surface area contributed by atoms with E-state index in [-0.39, 0.29) is 6.42 Å². The molecule has 0 radical (unpaired) electrons. The van der Waals surface area contributed by atoms with E-state index >= 15 is 0 Å². The maximum Gasteiger partial charge on any atom is 0.303 e. The molecule has 0 aliphatic carbocycles. The fraction of sp³-hybridized carbons (Fsp3) is 0.200. The van der Waals surface area contributed by atoms with Crippen LogP contribution >= 0.6 is 15.9 Å². The Labute approximate surface area is 90.1 Å². The number of carboxylic acids is 1. The fourth-order valence-electron chi connectivity index (χ4n) is 1.06. The van der Waals surface area contributed by atoms with Gasteiger partial charge in [0, 0.05) is 10.9 Å². The maximum absolute atomic E-state index is 10.3. The van der Waals surface area contributed by atoms with Crippen LogP contribution in [-0.2, 0) is 11.2 Å². The third kappa shape index (κ3) is 2.86. The number of nitrogens with zero attached hydrogens (tertiary/aromatic N) is 1. The van der Waals surface area contributed by atoms with Gasteiger partial charge in [-0.1, -0.05) is 6.07 Å². The van der Waals surface area contributed by atoms with Gasteiger partial charge in [-0.25, -0.2) is 0 Å². The Morgan fingerprint density at radius 1 is 1.57 bits per heavy atom. The van der Waals surface area contributed by atoms with E-state index in [9.17, 15) is 4.79 Å². The highest BCUT2D eigenvalue weighted by molar-refractivity contribution is 9.10. The van der Waals surface area contributed by atoms with Crippen LogP contribution in [0.3, 0.4) is 0 Å². The Morgan fingerprint density at radius 2 is 2.29 bits per heavy atom. The zero-order valence-electron chi connectivity index (χ0n) is 7.33. The van der Waals surface area contributed by atoms with Crippen LogP contribution in [-0.4, -0.2) is 11.1 Å². The van der Waals surface area contributed by atoms with Crippen molar-refractivity contribution < 1.29 is 9.90 Å². The first-order valence-corrected chi connectivity index (χ1v) is 4.83. The molecule has 14 heavy (non-hydrogen) atoms. The minimum absolute atomic E-state index is 0.109. The maximum atomic E-state index is 10.3. The summed E-state index contributed by atoms with van der Waals surface area (Å²) >= 11 is 3.24. The van der Waals surface area contributed by atoms with Crippen LogP contribution in [0.2, 0.25) is 0 Å². The fourth-order valence-corrected chi connectivity index (χ4v) is 1.57. The minimum atomic E-state index is -0.814. The summed E-state index contributed by atoms with van der Waals surface area (Å²) in [4.78, 5) is 10.3. The number of carboxylic acid groups (broad SMARTS) is 1. The highest BCUT2D eigenvalue weighted by Gasteiger charge is 2.02. The second-order valence-corrected chi connectivity index (χ2v) is 3.67. The van der Waals surface area contributed by atoms with E-state index in [0.717, 1.165) is 5.56 Å². The van der Waals surface area contributed by atoms with E-state index in [0.29, 0.717) is 16.5 Å². The molecule has 0 saturated carbocycles. The van der Waals surface area contributed by atoms with E-state index in [1.165, 1.54) is 0 Å². The predicted octanol–water partition coefficient (Wildman–Crippen LogP) is 2.34. The summed E-state index contributed by atoms with van der Waals surface area (Å²) in [5.41, 5.74) is 1.47. The van der Waals surface area contributed by atoms with Crippen molar-refractivity contribution in [2.75, 3.05) is 0 Å². The molecule has 3 nitrogen and oxygen atoms in total. The van der Waals surface area contributed by atoms with Gasteiger partial charge in [0.05, 0.1) is 5.56 Å². The van der Waals surface area contributed by atoms with Gasteiger partial charge < -0.3 is 5.11 Å². The molecule has 0 aliphatic heterocycles. The molecule has 0 saturated heterocycles. The van der Waals surface area contributed by atoms with Crippen molar-refractivity contribution in [1.82, 2.24) is 0 Å². The van der Waals surface area contributed by atoms with Gasteiger partial charge in [0.15, 0.2) is 0 Å². The lowest BCUT2D eigenvalue weighted by Crippen LogP contribution is -1.97. The summed E-state index contributed by atoms with van der Waals surface area (Å²) in [5, 5.41) is 17.1. The van der Waals surface area contributed by atoms with Gasteiger partial charge in [-0.3, -0.25) is 4.79 Å². The molecule has 72 valence electrons. The van der Waals surface area contributed by atoms with E-state index < -0.39 is 5.97 Å².